The van der Waals surface area contributed by atoms with E-state index in [2.05, 4.69) is 0 Å². The summed E-state index contributed by atoms with van der Waals surface area (Å²) in [6.07, 6.45) is -0.983. The van der Waals surface area contributed by atoms with E-state index in [1.807, 2.05) is 76.2 Å². The molecule has 2 fully saturated rings. The van der Waals surface area contributed by atoms with Gasteiger partial charge in [-0.2, -0.15) is 0 Å². The summed E-state index contributed by atoms with van der Waals surface area (Å²) in [4.78, 5) is 47.8. The number of aliphatic hydroxyl groups excluding tert-OH is 1. The highest BCUT2D eigenvalue weighted by molar-refractivity contribution is 5.93. The lowest BCUT2D eigenvalue weighted by Gasteiger charge is -2.38. The van der Waals surface area contributed by atoms with E-state index in [1.54, 1.807) is 12.1 Å². The number of carbonyl (C=O) groups is 2. The van der Waals surface area contributed by atoms with Gasteiger partial charge in [-0.1, -0.05) is 55.4 Å². The summed E-state index contributed by atoms with van der Waals surface area (Å²) in [5.41, 5.74) is -3.80. The second kappa shape index (κ2) is 13.9. The Morgan fingerprint density at radius 2 is 1.33 bits per heavy atom. The van der Waals surface area contributed by atoms with Gasteiger partial charge in [0.2, 0.25) is 5.60 Å². The van der Waals surface area contributed by atoms with E-state index in [1.165, 1.54) is 24.3 Å². The molecule has 0 amide bonds. The molecule has 1 heterocycles. The standard InChI is InChI=1S/C23H31NO7.C13H19NO4/c1-8-29-14-9-10-16(24(27)28)15(13-14)17(20(2,3)4)30-19(26)23-12-11-22(7,18(25)31-23)21(23,5)6;1-5-18-9-6-7-11(14(16)17)10(8-9)12(15)13(2,3)4/h9-10,13,17H,8,11-12H2,1-7H3;6-8,12,15H,5H2,1-4H3/t17-,22+,23-;12-/m11/s1. The molecule has 0 spiro atoms. The Morgan fingerprint density at radius 3 is 1.69 bits per heavy atom. The summed E-state index contributed by atoms with van der Waals surface area (Å²) in [5, 5.41) is 32.9. The molecule has 49 heavy (non-hydrogen) atoms. The summed E-state index contributed by atoms with van der Waals surface area (Å²) >= 11 is 0. The van der Waals surface area contributed by atoms with Crippen LogP contribution in [0.5, 0.6) is 11.5 Å². The summed E-state index contributed by atoms with van der Waals surface area (Å²) in [6.45, 7) is 21.0. The minimum atomic E-state index is -1.41. The number of benzene rings is 2. The average Bonchev–Trinajstić information content (AvgIpc) is 3.29. The molecule has 13 heteroatoms. The van der Waals surface area contributed by atoms with Crippen molar-refractivity contribution in [1.82, 2.24) is 0 Å². The van der Waals surface area contributed by atoms with Crippen molar-refractivity contribution >= 4 is 23.3 Å². The van der Waals surface area contributed by atoms with E-state index in [-0.39, 0.29) is 16.9 Å². The van der Waals surface area contributed by atoms with Crippen LogP contribution in [-0.2, 0) is 19.1 Å². The Kier molecular flexibility index (Phi) is 11.1. The summed E-state index contributed by atoms with van der Waals surface area (Å²) in [7, 11) is 0. The number of nitro benzene ring substituents is 2. The van der Waals surface area contributed by atoms with E-state index in [0.29, 0.717) is 43.1 Å². The monoisotopic (exact) mass is 686 g/mol. The molecular formula is C36H50N2O11. The zero-order valence-corrected chi connectivity index (χ0v) is 30.4. The Morgan fingerprint density at radius 1 is 0.857 bits per heavy atom. The minimum Gasteiger partial charge on any atom is -0.494 e. The van der Waals surface area contributed by atoms with Crippen molar-refractivity contribution in [3.8, 4) is 11.5 Å². The third kappa shape index (κ3) is 7.36. The van der Waals surface area contributed by atoms with Crippen molar-refractivity contribution in [2.24, 2.45) is 21.7 Å². The van der Waals surface area contributed by atoms with Crippen molar-refractivity contribution in [3.05, 3.63) is 67.8 Å². The normalized spacial score (nSPS) is 22.2. The average molecular weight is 687 g/mol. The highest BCUT2D eigenvalue weighted by atomic mass is 16.6. The maximum absolute atomic E-state index is 13.6. The topological polar surface area (TPSA) is 178 Å². The van der Waals surface area contributed by atoms with Crippen molar-refractivity contribution < 1.29 is 43.5 Å². The molecule has 270 valence electrons. The highest BCUT2D eigenvalue weighted by Crippen LogP contribution is 2.66. The molecule has 0 radical (unpaired) electrons. The smallest absolute Gasteiger partial charge is 0.351 e. The first-order valence-electron chi connectivity index (χ1n) is 16.4. The molecule has 1 saturated carbocycles. The van der Waals surface area contributed by atoms with Crippen LogP contribution in [0.2, 0.25) is 0 Å². The largest absolute Gasteiger partial charge is 0.494 e. The molecular weight excluding hydrogens is 636 g/mol. The van der Waals surface area contributed by atoms with Crippen LogP contribution in [0.15, 0.2) is 36.4 Å². The van der Waals surface area contributed by atoms with Gasteiger partial charge in [0.1, 0.15) is 17.6 Å². The van der Waals surface area contributed by atoms with Gasteiger partial charge in [-0.25, -0.2) is 4.79 Å². The van der Waals surface area contributed by atoms with Gasteiger partial charge in [0.05, 0.1) is 45.7 Å². The van der Waals surface area contributed by atoms with Gasteiger partial charge in [0.15, 0.2) is 0 Å². The zero-order chi connectivity index (χ0) is 37.3. The fraction of sp³-hybridized carbons (Fsp3) is 0.611. The van der Waals surface area contributed by atoms with Gasteiger partial charge in [-0.3, -0.25) is 25.0 Å². The molecule has 2 aliphatic rings. The molecule has 13 nitrogen and oxygen atoms in total. The minimum absolute atomic E-state index is 0.0825. The highest BCUT2D eigenvalue weighted by Gasteiger charge is 2.76. The predicted molar refractivity (Wildman–Crippen MR) is 181 cm³/mol. The number of fused-ring (bicyclic) bond motifs is 2. The molecule has 1 aliphatic carbocycles. The quantitative estimate of drug-likeness (QED) is 0.146. The number of nitro groups is 2. The predicted octanol–water partition coefficient (Wildman–Crippen LogP) is 7.82. The lowest BCUT2D eigenvalue weighted by Crippen LogP contribution is -2.49. The Hall–Kier alpha value is -4.26. The first kappa shape index (κ1) is 39.2. The van der Waals surface area contributed by atoms with E-state index in [4.69, 9.17) is 18.9 Å². The van der Waals surface area contributed by atoms with E-state index in [0.717, 1.165) is 0 Å². The van der Waals surface area contributed by atoms with Gasteiger partial charge < -0.3 is 24.1 Å². The van der Waals surface area contributed by atoms with Crippen LogP contribution in [0, 0.1) is 41.9 Å². The van der Waals surface area contributed by atoms with Crippen LogP contribution in [-0.4, -0.2) is 45.7 Å². The lowest BCUT2D eigenvalue weighted by molar-refractivity contribution is -0.386. The first-order valence-corrected chi connectivity index (χ1v) is 16.4. The zero-order valence-electron chi connectivity index (χ0n) is 30.4. The first-order chi connectivity index (χ1) is 22.5. The van der Waals surface area contributed by atoms with Gasteiger partial charge in [-0.05, 0) is 63.3 Å². The summed E-state index contributed by atoms with van der Waals surface area (Å²) in [5.74, 6) is -0.0885. The fourth-order valence-electron chi connectivity index (χ4n) is 6.42. The van der Waals surface area contributed by atoms with Crippen LogP contribution in [0.3, 0.4) is 0 Å². The number of nitrogens with zero attached hydrogens (tertiary/aromatic N) is 2. The molecule has 2 bridgehead atoms. The molecule has 1 saturated heterocycles. The second-order valence-corrected chi connectivity index (χ2v) is 15.4. The van der Waals surface area contributed by atoms with Crippen molar-refractivity contribution in [2.45, 2.75) is 107 Å². The summed E-state index contributed by atoms with van der Waals surface area (Å²) < 4.78 is 22.5. The molecule has 2 aromatic rings. The third-order valence-corrected chi connectivity index (χ3v) is 9.84. The van der Waals surface area contributed by atoms with Crippen LogP contribution >= 0.6 is 0 Å². The molecule has 1 aliphatic heterocycles. The van der Waals surface area contributed by atoms with Gasteiger partial charge in [-0.15, -0.1) is 0 Å². The van der Waals surface area contributed by atoms with Crippen LogP contribution in [0.4, 0.5) is 11.4 Å². The maximum atomic E-state index is 13.6. The van der Waals surface area contributed by atoms with Crippen LogP contribution < -0.4 is 9.47 Å². The lowest BCUT2D eigenvalue weighted by atomic mass is 9.66. The van der Waals surface area contributed by atoms with Crippen LogP contribution in [0.1, 0.15) is 112 Å². The maximum Gasteiger partial charge on any atom is 0.351 e. The molecule has 0 aromatic heterocycles. The van der Waals surface area contributed by atoms with Gasteiger partial charge in [0.25, 0.3) is 11.4 Å². The number of hydrogen-bond donors (Lipinski definition) is 1. The van der Waals surface area contributed by atoms with Crippen molar-refractivity contribution in [1.29, 1.82) is 0 Å². The van der Waals surface area contributed by atoms with Gasteiger partial charge in [0, 0.05) is 23.0 Å². The molecule has 4 rings (SSSR count). The Bertz CT molecular complexity index is 1590. The van der Waals surface area contributed by atoms with Crippen LogP contribution in [0.25, 0.3) is 0 Å². The SMILES string of the molecule is CCOc1ccc([N+](=O)[O-])c([C@@H](O)C(C)(C)C)c1.CCOc1ccc([N+](=O)[O-])c([C@@H](OC(=O)[C@@]23CC[C@@](C)(C(=O)O2)C3(C)C)C(C)(C)C)c1. The fourth-order valence-corrected chi connectivity index (χ4v) is 6.42. The molecule has 4 atom stereocenters. The number of rotatable bonds is 10. The van der Waals surface area contributed by atoms with Crippen molar-refractivity contribution in [2.75, 3.05) is 13.2 Å². The number of esters is 2. The van der Waals surface area contributed by atoms with Crippen molar-refractivity contribution in [3.63, 3.8) is 0 Å². The number of aliphatic hydroxyl groups is 1. The molecule has 0 unspecified atom stereocenters. The Labute approximate surface area is 287 Å². The van der Waals surface area contributed by atoms with E-state index < -0.39 is 61.3 Å². The number of carbonyl (C=O) groups excluding carboxylic acids is 2. The molecule has 2 aromatic carbocycles. The number of ether oxygens (including phenoxy) is 4. The van der Waals surface area contributed by atoms with E-state index >= 15 is 0 Å². The Balaban J connectivity index is 0.000000308. The summed E-state index contributed by atoms with van der Waals surface area (Å²) in [6, 6.07) is 8.88. The third-order valence-electron chi connectivity index (χ3n) is 9.84. The van der Waals surface area contributed by atoms with Gasteiger partial charge >= 0.3 is 11.9 Å². The number of hydrogen-bond acceptors (Lipinski definition) is 11. The molecule has 1 N–H and O–H groups in total. The second-order valence-electron chi connectivity index (χ2n) is 15.4. The van der Waals surface area contributed by atoms with E-state index in [9.17, 15) is 34.9 Å².